The molecule has 8 nitrogen and oxygen atoms in total. The Kier molecular flexibility index (Phi) is 8.02. The molecular formula is C26H23N3O5S. The predicted molar refractivity (Wildman–Crippen MR) is 132 cm³/mol. The Morgan fingerprint density at radius 2 is 1.77 bits per heavy atom. The van der Waals surface area contributed by atoms with E-state index in [1.807, 2.05) is 6.07 Å². The number of carbonyl (C=O) groups is 2. The fraction of sp³-hybridized carbons (Fsp3) is 0.115. The van der Waals surface area contributed by atoms with Crippen molar-refractivity contribution < 1.29 is 22.7 Å². The molecule has 0 aliphatic rings. The molecule has 3 rings (SSSR count). The first-order chi connectivity index (χ1) is 16.8. The minimum absolute atomic E-state index is 0.0179. The lowest BCUT2D eigenvalue weighted by atomic mass is 10.2. The summed E-state index contributed by atoms with van der Waals surface area (Å²) < 4.78 is 33.1. The lowest BCUT2D eigenvalue weighted by Gasteiger charge is -2.23. The average Bonchev–Trinajstić information content (AvgIpc) is 2.88. The van der Waals surface area contributed by atoms with Crippen molar-refractivity contribution in [2.75, 3.05) is 16.2 Å². The summed E-state index contributed by atoms with van der Waals surface area (Å²) in [5.41, 5.74) is 1.31. The van der Waals surface area contributed by atoms with E-state index >= 15 is 0 Å². The summed E-state index contributed by atoms with van der Waals surface area (Å²) in [4.78, 5) is 25.0. The quantitative estimate of drug-likeness (QED) is 0.357. The number of anilines is 2. The van der Waals surface area contributed by atoms with Gasteiger partial charge >= 0.3 is 5.97 Å². The summed E-state index contributed by atoms with van der Waals surface area (Å²) in [5.74, 6) is -1.42. The van der Waals surface area contributed by atoms with E-state index in [9.17, 15) is 18.0 Å². The first-order valence-corrected chi connectivity index (χ1v) is 12.0. The molecule has 0 spiro atoms. The number of nitriles is 1. The zero-order chi connectivity index (χ0) is 25.4. The van der Waals surface area contributed by atoms with Crippen LogP contribution in [0.1, 0.15) is 22.8 Å². The summed E-state index contributed by atoms with van der Waals surface area (Å²) in [6, 6.07) is 22.2. The minimum atomic E-state index is -4.01. The van der Waals surface area contributed by atoms with Gasteiger partial charge in [0.25, 0.3) is 15.9 Å². The maximum Gasteiger partial charge on any atom is 0.338 e. The summed E-state index contributed by atoms with van der Waals surface area (Å²) in [7, 11) is -4.01. The molecule has 0 saturated carbocycles. The monoisotopic (exact) mass is 489 g/mol. The molecule has 0 heterocycles. The van der Waals surface area contributed by atoms with Crippen molar-refractivity contribution in [2.24, 2.45) is 0 Å². The molecule has 3 aromatic rings. The van der Waals surface area contributed by atoms with E-state index in [4.69, 9.17) is 10.00 Å². The van der Waals surface area contributed by atoms with Gasteiger partial charge in [0.1, 0.15) is 0 Å². The normalized spacial score (nSPS) is 11.5. The van der Waals surface area contributed by atoms with Gasteiger partial charge in [0, 0.05) is 5.69 Å². The van der Waals surface area contributed by atoms with Crippen molar-refractivity contribution >= 4 is 33.3 Å². The fourth-order valence-electron chi connectivity index (χ4n) is 3.12. The molecule has 1 atom stereocenters. The van der Waals surface area contributed by atoms with Gasteiger partial charge in [-0.3, -0.25) is 9.10 Å². The Bertz CT molecular complexity index is 1360. The van der Waals surface area contributed by atoms with Crippen molar-refractivity contribution in [1.82, 2.24) is 0 Å². The van der Waals surface area contributed by atoms with Crippen LogP contribution in [-0.2, 0) is 19.6 Å². The second-order valence-corrected chi connectivity index (χ2v) is 9.28. The van der Waals surface area contributed by atoms with Crippen LogP contribution in [0, 0.1) is 11.3 Å². The molecule has 9 heteroatoms. The Hall–Kier alpha value is -4.42. The number of amides is 1. The lowest BCUT2D eigenvalue weighted by Crippen LogP contribution is -2.31. The third-order valence-electron chi connectivity index (χ3n) is 4.93. The number of esters is 1. The van der Waals surface area contributed by atoms with Crippen LogP contribution in [0.15, 0.2) is 96.4 Å². The van der Waals surface area contributed by atoms with Crippen LogP contribution < -0.4 is 9.62 Å². The zero-order valence-electron chi connectivity index (χ0n) is 18.9. The standard InChI is InChI=1S/C26H23N3O5S/c1-3-16-29(23-9-5-4-6-10-23)35(32,33)24-11-7-8-21(17-24)26(31)34-19(2)25(30)28-22-14-12-20(18-27)13-15-22/h3-15,17,19H,1,16H2,2H3,(H,28,30). The Morgan fingerprint density at radius 1 is 1.09 bits per heavy atom. The van der Waals surface area contributed by atoms with Crippen LogP contribution in [0.5, 0.6) is 0 Å². The average molecular weight is 490 g/mol. The highest BCUT2D eigenvalue weighted by atomic mass is 32.2. The third kappa shape index (κ3) is 6.13. The molecule has 3 aromatic carbocycles. The Morgan fingerprint density at radius 3 is 2.40 bits per heavy atom. The highest BCUT2D eigenvalue weighted by Crippen LogP contribution is 2.24. The molecule has 0 bridgehead atoms. The molecule has 0 aliphatic heterocycles. The molecule has 0 aliphatic carbocycles. The zero-order valence-corrected chi connectivity index (χ0v) is 19.7. The van der Waals surface area contributed by atoms with Crippen LogP contribution in [0.2, 0.25) is 0 Å². The third-order valence-corrected chi connectivity index (χ3v) is 6.72. The molecule has 0 radical (unpaired) electrons. The number of ether oxygens (including phenoxy) is 1. The van der Waals surface area contributed by atoms with E-state index in [-0.39, 0.29) is 17.0 Å². The molecule has 0 fully saturated rings. The van der Waals surface area contributed by atoms with Gasteiger partial charge in [0.2, 0.25) is 0 Å². The van der Waals surface area contributed by atoms with E-state index in [0.717, 1.165) is 0 Å². The van der Waals surface area contributed by atoms with Crippen molar-refractivity contribution in [1.29, 1.82) is 5.26 Å². The fourth-order valence-corrected chi connectivity index (χ4v) is 4.60. The molecule has 0 aromatic heterocycles. The van der Waals surface area contributed by atoms with E-state index in [1.54, 1.807) is 54.6 Å². The van der Waals surface area contributed by atoms with Crippen LogP contribution in [0.3, 0.4) is 0 Å². The summed E-state index contributed by atoms with van der Waals surface area (Å²) in [6.45, 7) is 5.07. The second-order valence-electron chi connectivity index (χ2n) is 7.41. The lowest BCUT2D eigenvalue weighted by molar-refractivity contribution is -0.123. The van der Waals surface area contributed by atoms with Crippen molar-refractivity contribution in [3.8, 4) is 6.07 Å². The molecule has 35 heavy (non-hydrogen) atoms. The summed E-state index contributed by atoms with van der Waals surface area (Å²) in [6.07, 6.45) is 0.316. The van der Waals surface area contributed by atoms with Gasteiger partial charge in [-0.2, -0.15) is 5.26 Å². The molecule has 1 N–H and O–H groups in total. The Labute approximate surface area is 204 Å². The Balaban J connectivity index is 1.75. The van der Waals surface area contributed by atoms with Gasteiger partial charge in [0.15, 0.2) is 6.10 Å². The van der Waals surface area contributed by atoms with Crippen LogP contribution in [-0.4, -0.2) is 32.9 Å². The molecule has 1 unspecified atom stereocenters. The smallest absolute Gasteiger partial charge is 0.338 e. The summed E-state index contributed by atoms with van der Waals surface area (Å²) in [5, 5.41) is 11.4. The number of nitrogens with zero attached hydrogens (tertiary/aromatic N) is 2. The van der Waals surface area contributed by atoms with E-state index in [1.165, 1.54) is 41.6 Å². The second kappa shape index (κ2) is 11.1. The first-order valence-electron chi connectivity index (χ1n) is 10.6. The first kappa shape index (κ1) is 25.2. The van der Waals surface area contributed by atoms with Gasteiger partial charge in [-0.25, -0.2) is 13.2 Å². The van der Waals surface area contributed by atoms with Crippen molar-refractivity contribution in [2.45, 2.75) is 17.9 Å². The predicted octanol–water partition coefficient (Wildman–Crippen LogP) is 4.12. The number of nitrogens with one attached hydrogen (secondary N) is 1. The molecule has 178 valence electrons. The topological polar surface area (TPSA) is 117 Å². The number of para-hydroxylation sites is 1. The largest absolute Gasteiger partial charge is 0.449 e. The number of hydrogen-bond donors (Lipinski definition) is 1. The molecule has 1 amide bonds. The number of sulfonamides is 1. The van der Waals surface area contributed by atoms with Crippen molar-refractivity contribution in [3.05, 3.63) is 103 Å². The van der Waals surface area contributed by atoms with Crippen molar-refractivity contribution in [3.63, 3.8) is 0 Å². The minimum Gasteiger partial charge on any atom is -0.449 e. The van der Waals surface area contributed by atoms with E-state index in [0.29, 0.717) is 16.9 Å². The number of hydrogen-bond acceptors (Lipinski definition) is 6. The molecule has 0 saturated heterocycles. The number of carbonyl (C=O) groups excluding carboxylic acids is 2. The van der Waals surface area contributed by atoms with Gasteiger partial charge in [-0.05, 0) is 61.5 Å². The highest BCUT2D eigenvalue weighted by molar-refractivity contribution is 7.92. The molecular weight excluding hydrogens is 466 g/mol. The van der Waals surface area contributed by atoms with Crippen LogP contribution in [0.4, 0.5) is 11.4 Å². The van der Waals surface area contributed by atoms with E-state index < -0.39 is 28.0 Å². The highest BCUT2D eigenvalue weighted by Gasteiger charge is 2.26. The summed E-state index contributed by atoms with van der Waals surface area (Å²) >= 11 is 0. The van der Waals surface area contributed by atoms with Gasteiger partial charge in [-0.1, -0.05) is 30.3 Å². The number of rotatable bonds is 9. The SMILES string of the molecule is C=CCN(c1ccccc1)S(=O)(=O)c1cccc(C(=O)OC(C)C(=O)Nc2ccc(C#N)cc2)c1. The van der Waals surface area contributed by atoms with Gasteiger partial charge < -0.3 is 10.1 Å². The number of benzene rings is 3. The van der Waals surface area contributed by atoms with Gasteiger partial charge in [-0.15, -0.1) is 6.58 Å². The van der Waals surface area contributed by atoms with Gasteiger partial charge in [0.05, 0.1) is 34.3 Å². The van der Waals surface area contributed by atoms with Crippen LogP contribution >= 0.6 is 0 Å². The van der Waals surface area contributed by atoms with Crippen LogP contribution in [0.25, 0.3) is 0 Å². The maximum atomic E-state index is 13.3. The van der Waals surface area contributed by atoms with E-state index in [2.05, 4.69) is 11.9 Å². The maximum absolute atomic E-state index is 13.3.